The first kappa shape index (κ1) is 24.5. The predicted molar refractivity (Wildman–Crippen MR) is 136 cm³/mol. The van der Waals surface area contributed by atoms with Gasteiger partial charge in [0.1, 0.15) is 12.3 Å². The number of ketones is 1. The number of carbonyl (C=O) groups excluding carboxylic acids is 4. The number of imide groups is 1. The molecule has 0 radical (unpaired) electrons. The Kier molecular flexibility index (Phi) is 6.52. The normalized spacial score (nSPS) is 28.9. The highest BCUT2D eigenvalue weighted by molar-refractivity contribution is 9.12. The molecule has 6 atom stereocenters. The van der Waals surface area contributed by atoms with Crippen LogP contribution in [-0.2, 0) is 9.59 Å². The van der Waals surface area contributed by atoms with Crippen molar-refractivity contribution in [3.63, 3.8) is 0 Å². The molecule has 3 aliphatic rings. The molecule has 182 valence electrons. The van der Waals surface area contributed by atoms with Gasteiger partial charge in [-0.2, -0.15) is 5.01 Å². The van der Waals surface area contributed by atoms with Crippen LogP contribution in [0, 0.1) is 23.7 Å². The summed E-state index contributed by atoms with van der Waals surface area (Å²) in [5.41, 5.74) is 0.517. The first-order valence-corrected chi connectivity index (χ1v) is 13.3. The fourth-order valence-electron chi connectivity index (χ4n) is 5.57. The molecule has 3 fully saturated rings. The molecule has 2 saturated carbocycles. The minimum absolute atomic E-state index is 0.0163. The van der Waals surface area contributed by atoms with E-state index in [0.29, 0.717) is 16.3 Å². The van der Waals surface area contributed by atoms with Crippen molar-refractivity contribution in [2.45, 2.75) is 16.1 Å². The first-order valence-electron chi connectivity index (χ1n) is 11.1. The second-order valence-corrected chi connectivity index (χ2v) is 11.6. The molecule has 7 nitrogen and oxygen atoms in total. The van der Waals surface area contributed by atoms with Gasteiger partial charge >= 0.3 is 0 Å². The molecular weight excluding hydrogens is 604 g/mol. The van der Waals surface area contributed by atoms with E-state index in [1.807, 2.05) is 0 Å². The Morgan fingerprint density at radius 3 is 2.17 bits per heavy atom. The smallest absolute Gasteiger partial charge is 0.273 e. The van der Waals surface area contributed by atoms with Gasteiger partial charge in [0.25, 0.3) is 17.7 Å². The lowest BCUT2D eigenvalue weighted by Gasteiger charge is -2.31. The van der Waals surface area contributed by atoms with Gasteiger partial charge in [-0.1, -0.05) is 55.6 Å². The number of alkyl halides is 2. The van der Waals surface area contributed by atoms with E-state index in [1.165, 1.54) is 19.2 Å². The van der Waals surface area contributed by atoms with Crippen molar-refractivity contribution >= 4 is 67.0 Å². The molecule has 2 aromatic carbocycles. The van der Waals surface area contributed by atoms with Crippen molar-refractivity contribution in [1.29, 1.82) is 0 Å². The summed E-state index contributed by atoms with van der Waals surface area (Å²) >= 11 is 13.3. The summed E-state index contributed by atoms with van der Waals surface area (Å²) in [7, 11) is 1.49. The molecular formula is C25H21Br2ClN2O5. The topological polar surface area (TPSA) is 84.0 Å². The third kappa shape index (κ3) is 4.01. The van der Waals surface area contributed by atoms with E-state index in [9.17, 15) is 19.2 Å². The molecule has 5 rings (SSSR count). The highest BCUT2D eigenvalue weighted by Gasteiger charge is 2.67. The van der Waals surface area contributed by atoms with Gasteiger partial charge < -0.3 is 4.74 Å². The Bertz CT molecular complexity index is 1190. The third-order valence-electron chi connectivity index (χ3n) is 7.22. The van der Waals surface area contributed by atoms with Crippen LogP contribution in [0.5, 0.6) is 5.75 Å². The van der Waals surface area contributed by atoms with Crippen LogP contribution in [0.15, 0.2) is 48.5 Å². The molecule has 0 unspecified atom stereocenters. The predicted octanol–water partition coefficient (Wildman–Crippen LogP) is 4.37. The lowest BCUT2D eigenvalue weighted by atomic mass is 9.81. The Morgan fingerprint density at radius 1 is 1.00 bits per heavy atom. The lowest BCUT2D eigenvalue weighted by molar-refractivity contribution is -0.154. The second kappa shape index (κ2) is 9.33. The summed E-state index contributed by atoms with van der Waals surface area (Å²) in [6.07, 6.45) is 0.764. The van der Waals surface area contributed by atoms with E-state index in [2.05, 4.69) is 31.9 Å². The third-order valence-corrected chi connectivity index (χ3v) is 10.7. The zero-order valence-corrected chi connectivity index (χ0v) is 22.5. The largest absolute Gasteiger partial charge is 0.497 e. The number of ether oxygens (including phenoxy) is 1. The summed E-state index contributed by atoms with van der Waals surface area (Å²) in [6.45, 7) is -0.476. The number of rotatable bonds is 6. The number of hydrogen-bond donors (Lipinski definition) is 0. The zero-order chi connectivity index (χ0) is 25.0. The Labute approximate surface area is 224 Å². The highest BCUT2D eigenvalue weighted by Crippen LogP contribution is 2.60. The molecule has 2 bridgehead atoms. The van der Waals surface area contributed by atoms with Gasteiger partial charge in [0.05, 0.1) is 18.9 Å². The maximum Gasteiger partial charge on any atom is 0.273 e. The minimum Gasteiger partial charge on any atom is -0.497 e. The molecule has 0 spiro atoms. The van der Waals surface area contributed by atoms with Crippen LogP contribution in [0.25, 0.3) is 0 Å². The number of fused-ring (bicyclic) bond motifs is 5. The fraction of sp³-hybridized carbons (Fsp3) is 0.360. The van der Waals surface area contributed by atoms with Crippen LogP contribution >= 0.6 is 43.5 Å². The van der Waals surface area contributed by atoms with Gasteiger partial charge in [0.15, 0.2) is 5.78 Å². The summed E-state index contributed by atoms with van der Waals surface area (Å²) in [5.74, 6) is -2.50. The van der Waals surface area contributed by atoms with Gasteiger partial charge in [0, 0.05) is 25.8 Å². The molecule has 1 heterocycles. The fourth-order valence-corrected chi connectivity index (χ4v) is 7.57. The standard InChI is InChI=1S/C25H21Br2ClN2O5/c1-35-15-4-2-3-13(9-15)18(31)11-29(23(32)12-5-7-14(28)8-6-12)30-24(33)19-16-10-17(20(19)25(30)34)22(27)21(16)26/h2-9,16-17,19-22H,10-11H2,1H3/t16-,17-,19-,20+,21+,22+/m1/s1. The Morgan fingerprint density at radius 2 is 1.60 bits per heavy atom. The zero-order valence-electron chi connectivity index (χ0n) is 18.6. The minimum atomic E-state index is -0.627. The van der Waals surface area contributed by atoms with Gasteiger partial charge in [-0.15, -0.1) is 0 Å². The van der Waals surface area contributed by atoms with E-state index >= 15 is 0 Å². The lowest BCUT2D eigenvalue weighted by Crippen LogP contribution is -2.52. The van der Waals surface area contributed by atoms with Crippen LogP contribution in [0.3, 0.4) is 0 Å². The van der Waals surface area contributed by atoms with Crippen molar-refractivity contribution < 1.29 is 23.9 Å². The number of Topliss-reactive ketones (excluding diaryl/α,β-unsaturated/α-hetero) is 1. The average Bonchev–Trinajstić information content (AvgIpc) is 3.47. The van der Waals surface area contributed by atoms with Crippen LogP contribution < -0.4 is 4.74 Å². The quantitative estimate of drug-likeness (QED) is 0.271. The van der Waals surface area contributed by atoms with Gasteiger partial charge in [-0.25, -0.2) is 5.01 Å². The Balaban J connectivity index is 1.50. The highest BCUT2D eigenvalue weighted by atomic mass is 79.9. The van der Waals surface area contributed by atoms with Crippen molar-refractivity contribution in [3.8, 4) is 5.75 Å². The average molecular weight is 625 g/mol. The molecule has 3 amide bonds. The summed E-state index contributed by atoms with van der Waals surface area (Å²) < 4.78 is 5.20. The summed E-state index contributed by atoms with van der Waals surface area (Å²) in [6, 6.07) is 12.6. The maximum atomic E-state index is 13.6. The molecule has 1 aliphatic heterocycles. The van der Waals surface area contributed by atoms with E-state index < -0.39 is 41.9 Å². The molecule has 35 heavy (non-hydrogen) atoms. The molecule has 10 heteroatoms. The van der Waals surface area contributed by atoms with E-state index in [1.54, 1.807) is 36.4 Å². The van der Waals surface area contributed by atoms with Crippen molar-refractivity contribution in [2.24, 2.45) is 23.7 Å². The van der Waals surface area contributed by atoms with Crippen LogP contribution in [0.1, 0.15) is 27.1 Å². The van der Waals surface area contributed by atoms with E-state index in [-0.39, 0.29) is 27.1 Å². The SMILES string of the molecule is COc1cccc(C(=O)CN(C(=O)c2ccc(Cl)cc2)N2C(=O)[C@@H]3[C@H]4C[C@@H]([C@H](Br)[C@H]4Br)[C@@H]3C2=O)c1. The van der Waals surface area contributed by atoms with Gasteiger partial charge in [0.2, 0.25) is 0 Å². The van der Waals surface area contributed by atoms with Gasteiger partial charge in [-0.05, 0) is 54.7 Å². The molecule has 2 aliphatic carbocycles. The number of amides is 3. The van der Waals surface area contributed by atoms with Gasteiger partial charge in [-0.3, -0.25) is 19.2 Å². The van der Waals surface area contributed by atoms with E-state index in [0.717, 1.165) is 16.4 Å². The number of hydrogen-bond acceptors (Lipinski definition) is 5. The first-order chi connectivity index (χ1) is 16.7. The molecule has 0 aromatic heterocycles. The monoisotopic (exact) mass is 622 g/mol. The Hall–Kier alpha value is -2.23. The molecule has 2 aromatic rings. The van der Waals surface area contributed by atoms with Crippen LogP contribution in [0.2, 0.25) is 5.02 Å². The van der Waals surface area contributed by atoms with Crippen LogP contribution in [-0.4, -0.2) is 56.8 Å². The maximum absolute atomic E-state index is 13.6. The summed E-state index contributed by atoms with van der Waals surface area (Å²) in [5, 5.41) is 2.33. The number of carbonyl (C=O) groups is 4. The van der Waals surface area contributed by atoms with Crippen molar-refractivity contribution in [3.05, 3.63) is 64.7 Å². The molecule has 1 saturated heterocycles. The number of methoxy groups -OCH3 is 1. The number of hydrazine groups is 1. The summed E-state index contributed by atoms with van der Waals surface area (Å²) in [4.78, 5) is 54.2. The number of nitrogens with zero attached hydrogens (tertiary/aromatic N) is 2. The van der Waals surface area contributed by atoms with Crippen molar-refractivity contribution in [2.75, 3.05) is 13.7 Å². The number of benzene rings is 2. The van der Waals surface area contributed by atoms with E-state index in [4.69, 9.17) is 16.3 Å². The molecule has 0 N–H and O–H groups in total. The van der Waals surface area contributed by atoms with Crippen LogP contribution in [0.4, 0.5) is 0 Å². The number of halogens is 3. The second-order valence-electron chi connectivity index (χ2n) is 9.02. The van der Waals surface area contributed by atoms with Crippen molar-refractivity contribution in [1.82, 2.24) is 10.0 Å².